The van der Waals surface area contributed by atoms with Gasteiger partial charge in [-0.2, -0.15) is 4.98 Å². The van der Waals surface area contributed by atoms with Crippen molar-refractivity contribution in [2.24, 2.45) is 0 Å². The molecule has 3 amide bonds. The van der Waals surface area contributed by atoms with Crippen molar-refractivity contribution in [3.8, 4) is 22.5 Å². The molecular formula is C47H51N9O4. The molecule has 13 heteroatoms. The molecule has 2 aliphatic heterocycles. The van der Waals surface area contributed by atoms with Crippen LogP contribution in [0.2, 0.25) is 0 Å². The highest BCUT2D eigenvalue weighted by molar-refractivity contribution is 6.01. The van der Waals surface area contributed by atoms with E-state index in [1.54, 1.807) is 6.33 Å². The third-order valence-electron chi connectivity index (χ3n) is 12.6. The summed E-state index contributed by atoms with van der Waals surface area (Å²) in [5.41, 5.74) is 9.88. The van der Waals surface area contributed by atoms with Gasteiger partial charge in [-0.3, -0.25) is 24.6 Å². The second-order valence-corrected chi connectivity index (χ2v) is 17.7. The van der Waals surface area contributed by atoms with Crippen LogP contribution in [0.1, 0.15) is 110 Å². The minimum Gasteiger partial charge on any atom is -0.369 e. The lowest BCUT2D eigenvalue weighted by Crippen LogP contribution is -2.53. The smallest absolute Gasteiger partial charge is 0.315 e. The van der Waals surface area contributed by atoms with Gasteiger partial charge in [0.1, 0.15) is 12.0 Å². The van der Waals surface area contributed by atoms with Crippen LogP contribution in [0.15, 0.2) is 83.6 Å². The number of H-pyrrole nitrogens is 1. The molecule has 3 aromatic carbocycles. The van der Waals surface area contributed by atoms with Crippen LogP contribution in [0.3, 0.4) is 0 Å². The molecular weight excluding hydrogens is 755 g/mol. The maximum atomic E-state index is 12.9. The average molecular weight is 806 g/mol. The van der Waals surface area contributed by atoms with Crippen molar-refractivity contribution >= 4 is 34.4 Å². The van der Waals surface area contributed by atoms with Crippen LogP contribution >= 0.6 is 0 Å². The Labute approximate surface area is 349 Å². The highest BCUT2D eigenvalue weighted by atomic mass is 16.5. The minimum absolute atomic E-state index is 0.0460. The lowest BCUT2D eigenvalue weighted by atomic mass is 9.74. The van der Waals surface area contributed by atoms with Crippen LogP contribution in [0.5, 0.6) is 0 Å². The van der Waals surface area contributed by atoms with Gasteiger partial charge in [0.05, 0.1) is 17.7 Å². The molecule has 3 aliphatic rings. The first-order valence-electron chi connectivity index (χ1n) is 21.0. The molecule has 308 valence electrons. The first-order chi connectivity index (χ1) is 28.9. The minimum atomic E-state index is -0.407. The number of aromatic nitrogens is 5. The van der Waals surface area contributed by atoms with Gasteiger partial charge in [-0.05, 0) is 91.1 Å². The van der Waals surface area contributed by atoms with Crippen molar-refractivity contribution in [1.29, 1.82) is 0 Å². The van der Waals surface area contributed by atoms with Gasteiger partial charge in [0.2, 0.25) is 11.8 Å². The maximum absolute atomic E-state index is 12.9. The summed E-state index contributed by atoms with van der Waals surface area (Å²) in [6.45, 7) is 14.0. The number of nitrogens with zero attached hydrogens (tertiary/aromatic N) is 6. The van der Waals surface area contributed by atoms with E-state index in [2.05, 4.69) is 101 Å². The van der Waals surface area contributed by atoms with Gasteiger partial charge in [-0.1, -0.05) is 74.5 Å². The monoisotopic (exact) mass is 805 g/mol. The Morgan fingerprint density at radius 1 is 0.900 bits per heavy atom. The molecule has 1 saturated carbocycles. The molecule has 1 aliphatic carbocycles. The predicted molar refractivity (Wildman–Crippen MR) is 229 cm³/mol. The summed E-state index contributed by atoms with van der Waals surface area (Å²) >= 11 is 0. The Bertz CT molecular complexity index is 2560. The number of carbonyl (C=O) groups excluding carboxylic acids is 3. The van der Waals surface area contributed by atoms with Crippen molar-refractivity contribution in [3.05, 3.63) is 113 Å². The summed E-state index contributed by atoms with van der Waals surface area (Å²) in [4.78, 5) is 59.0. The molecule has 2 atom stereocenters. The number of piperazine rings is 1. The fraction of sp³-hybridized carbons (Fsp3) is 0.383. The quantitative estimate of drug-likeness (QED) is 0.126. The zero-order valence-electron chi connectivity index (χ0n) is 34.8. The molecule has 5 heterocycles. The fourth-order valence-corrected chi connectivity index (χ4v) is 8.96. The Morgan fingerprint density at radius 3 is 2.30 bits per heavy atom. The number of aromatic amines is 1. The summed E-state index contributed by atoms with van der Waals surface area (Å²) in [6.07, 6.45) is 4.90. The van der Waals surface area contributed by atoms with Gasteiger partial charge < -0.3 is 19.7 Å². The molecule has 0 spiro atoms. The Hall–Kier alpha value is -6.21. The summed E-state index contributed by atoms with van der Waals surface area (Å²) in [5.74, 6) is 0.000246. The van der Waals surface area contributed by atoms with E-state index in [0.29, 0.717) is 30.6 Å². The largest absolute Gasteiger partial charge is 0.369 e. The molecule has 0 bridgehead atoms. The van der Waals surface area contributed by atoms with E-state index < -0.39 is 5.91 Å². The van der Waals surface area contributed by atoms with Gasteiger partial charge in [0, 0.05) is 66.4 Å². The van der Waals surface area contributed by atoms with E-state index in [1.165, 1.54) is 11.3 Å². The van der Waals surface area contributed by atoms with Crippen molar-refractivity contribution in [1.82, 2.24) is 40.6 Å². The molecule has 3 aromatic heterocycles. The van der Waals surface area contributed by atoms with Gasteiger partial charge in [0.25, 0.3) is 0 Å². The van der Waals surface area contributed by atoms with Crippen LogP contribution in [-0.4, -0.2) is 79.9 Å². The van der Waals surface area contributed by atoms with Crippen LogP contribution < -0.4 is 15.5 Å². The van der Waals surface area contributed by atoms with Crippen molar-refractivity contribution < 1.29 is 18.9 Å². The zero-order chi connectivity index (χ0) is 41.7. The molecule has 0 radical (unpaired) electrons. The van der Waals surface area contributed by atoms with E-state index >= 15 is 0 Å². The number of fused-ring (bicyclic) bond motifs is 1. The number of aryl methyl sites for hydroxylation is 1. The standard InChI is InChI=1S/C47H51N9O4/c1-27-22-32(12-15-36(27)28(2)50-44(59)45-53-46(54-60-45)47(3,4)5)41-38-25-39(51-42(38)49-26-48-41)31-10-13-34(14-11-31)55-18-20-56(21-19-55)35-23-33(24-35)29-6-8-30(9-7-29)37-16-17-40(57)52-43(37)58/h6-15,22,25-26,28,33,35,37H,16-21,23-24H2,1-5H3,(H,50,59)(H,48,49,51)(H,52,57,58). The Balaban J connectivity index is 0.795. The second kappa shape index (κ2) is 15.8. The third-order valence-corrected chi connectivity index (χ3v) is 12.6. The molecule has 13 nitrogen and oxygen atoms in total. The average Bonchev–Trinajstić information content (AvgIpc) is 3.90. The van der Waals surface area contributed by atoms with Crippen LogP contribution in [0.4, 0.5) is 5.69 Å². The van der Waals surface area contributed by atoms with Crippen LogP contribution in [0, 0.1) is 6.92 Å². The Morgan fingerprint density at radius 2 is 1.62 bits per heavy atom. The zero-order valence-corrected chi connectivity index (χ0v) is 34.8. The maximum Gasteiger partial charge on any atom is 0.315 e. The molecule has 60 heavy (non-hydrogen) atoms. The normalized spacial score (nSPS) is 20.5. The molecule has 9 rings (SSSR count). The number of nitrogens with one attached hydrogen (secondary N) is 3. The van der Waals surface area contributed by atoms with Crippen molar-refractivity contribution in [2.45, 2.75) is 89.6 Å². The predicted octanol–water partition coefficient (Wildman–Crippen LogP) is 7.36. The van der Waals surface area contributed by atoms with Crippen LogP contribution in [-0.2, 0) is 15.0 Å². The van der Waals surface area contributed by atoms with E-state index in [4.69, 9.17) is 9.51 Å². The first-order valence-corrected chi connectivity index (χ1v) is 21.0. The number of anilines is 1. The number of hydrogen-bond acceptors (Lipinski definition) is 10. The SMILES string of the molecule is Cc1cc(-c2ncnc3[nH]c(-c4ccc(N5CCN(C6CC(c7ccc(C8CCC(=O)NC8=O)cc7)C6)CC5)cc4)cc23)ccc1C(C)NC(=O)c1nc(C(C)(C)C)no1. The van der Waals surface area contributed by atoms with E-state index in [0.717, 1.165) is 89.3 Å². The summed E-state index contributed by atoms with van der Waals surface area (Å²) in [6, 6.07) is 25.9. The van der Waals surface area contributed by atoms with E-state index in [-0.39, 0.29) is 35.1 Å². The summed E-state index contributed by atoms with van der Waals surface area (Å²) in [7, 11) is 0. The van der Waals surface area contributed by atoms with Gasteiger partial charge in [-0.25, -0.2) is 9.97 Å². The van der Waals surface area contributed by atoms with Gasteiger partial charge in [0.15, 0.2) is 5.82 Å². The van der Waals surface area contributed by atoms with Crippen molar-refractivity contribution in [2.75, 3.05) is 31.1 Å². The lowest BCUT2D eigenvalue weighted by Gasteiger charge is -2.47. The Kier molecular flexibility index (Phi) is 10.3. The van der Waals surface area contributed by atoms with E-state index in [1.807, 2.05) is 46.8 Å². The highest BCUT2D eigenvalue weighted by Crippen LogP contribution is 2.41. The number of hydrogen-bond donors (Lipinski definition) is 3. The molecule has 2 unspecified atom stereocenters. The third kappa shape index (κ3) is 7.81. The number of benzene rings is 3. The van der Waals surface area contributed by atoms with Crippen LogP contribution in [0.25, 0.3) is 33.5 Å². The topological polar surface area (TPSA) is 162 Å². The van der Waals surface area contributed by atoms with E-state index in [9.17, 15) is 14.4 Å². The van der Waals surface area contributed by atoms with Crippen molar-refractivity contribution in [3.63, 3.8) is 0 Å². The molecule has 3 fully saturated rings. The number of amides is 3. The fourth-order valence-electron chi connectivity index (χ4n) is 8.96. The number of piperidine rings is 1. The first kappa shape index (κ1) is 39.3. The number of carbonyl (C=O) groups is 3. The summed E-state index contributed by atoms with van der Waals surface area (Å²) < 4.78 is 5.25. The summed E-state index contributed by atoms with van der Waals surface area (Å²) in [5, 5.41) is 10.4. The molecule has 6 aromatic rings. The number of rotatable bonds is 9. The second-order valence-electron chi connectivity index (χ2n) is 17.7. The molecule has 2 saturated heterocycles. The highest BCUT2D eigenvalue weighted by Gasteiger charge is 2.36. The number of imide groups is 1. The molecule has 3 N–H and O–H groups in total. The van der Waals surface area contributed by atoms with Gasteiger partial charge in [-0.15, -0.1) is 0 Å². The van der Waals surface area contributed by atoms with Gasteiger partial charge >= 0.3 is 11.8 Å². The lowest BCUT2D eigenvalue weighted by molar-refractivity contribution is -0.134.